The van der Waals surface area contributed by atoms with E-state index in [4.69, 9.17) is 4.74 Å². The van der Waals surface area contributed by atoms with Crippen LogP contribution in [0.3, 0.4) is 0 Å². The lowest BCUT2D eigenvalue weighted by molar-refractivity contribution is 0.0693. The average Bonchev–Trinajstić information content (AvgIpc) is 2.78. The third-order valence-electron chi connectivity index (χ3n) is 6.00. The first-order valence-corrected chi connectivity index (χ1v) is 12.3. The van der Waals surface area contributed by atoms with Gasteiger partial charge in [-0.25, -0.2) is 13.1 Å². The Morgan fingerprint density at radius 1 is 1.16 bits per heavy atom. The number of nitrogens with one attached hydrogen (secondary N) is 1. The van der Waals surface area contributed by atoms with Gasteiger partial charge in [-0.1, -0.05) is 38.1 Å². The molecule has 31 heavy (non-hydrogen) atoms. The molecule has 0 saturated carbocycles. The quantitative estimate of drug-likeness (QED) is 0.695. The fourth-order valence-electron chi connectivity index (χ4n) is 3.81. The molecular formula is C24H32N2O4S. The van der Waals surface area contributed by atoms with Crippen molar-refractivity contribution in [3.05, 3.63) is 59.2 Å². The van der Waals surface area contributed by atoms with Crippen LogP contribution in [0.25, 0.3) is 0 Å². The van der Waals surface area contributed by atoms with Crippen molar-refractivity contribution in [2.45, 2.75) is 51.0 Å². The molecule has 0 radical (unpaired) electrons. The van der Waals surface area contributed by atoms with Gasteiger partial charge < -0.3 is 9.64 Å². The van der Waals surface area contributed by atoms with Crippen LogP contribution in [0.2, 0.25) is 0 Å². The molecule has 0 aliphatic carbocycles. The molecule has 6 nitrogen and oxygen atoms in total. The van der Waals surface area contributed by atoms with E-state index < -0.39 is 16.1 Å². The Labute approximate surface area is 185 Å². The summed E-state index contributed by atoms with van der Waals surface area (Å²) < 4.78 is 34.2. The predicted octanol–water partition coefficient (Wildman–Crippen LogP) is 4.17. The Morgan fingerprint density at radius 2 is 1.81 bits per heavy atom. The van der Waals surface area contributed by atoms with Crippen molar-refractivity contribution in [3.8, 4) is 5.75 Å². The van der Waals surface area contributed by atoms with Crippen LogP contribution in [0.4, 0.5) is 0 Å². The molecule has 2 aromatic rings. The molecule has 7 heteroatoms. The van der Waals surface area contributed by atoms with Gasteiger partial charge in [0.25, 0.3) is 5.91 Å². The third-order valence-corrected chi connectivity index (χ3v) is 7.54. The van der Waals surface area contributed by atoms with E-state index in [0.29, 0.717) is 24.8 Å². The van der Waals surface area contributed by atoms with Crippen LogP contribution >= 0.6 is 0 Å². The Morgan fingerprint density at radius 3 is 2.39 bits per heavy atom. The monoisotopic (exact) mass is 444 g/mol. The summed E-state index contributed by atoms with van der Waals surface area (Å²) in [6.45, 7) is 7.40. The molecule has 1 fully saturated rings. The zero-order valence-corrected chi connectivity index (χ0v) is 19.5. The van der Waals surface area contributed by atoms with Gasteiger partial charge in [0.05, 0.1) is 17.6 Å². The average molecular weight is 445 g/mol. The van der Waals surface area contributed by atoms with Crippen molar-refractivity contribution in [2.75, 3.05) is 20.2 Å². The summed E-state index contributed by atoms with van der Waals surface area (Å²) in [5.74, 6) is 0.782. The summed E-state index contributed by atoms with van der Waals surface area (Å²) in [5.41, 5.74) is 2.36. The molecule has 1 N–H and O–H groups in total. The number of hydrogen-bond donors (Lipinski definition) is 1. The molecule has 1 saturated heterocycles. The number of benzene rings is 2. The minimum Gasteiger partial charge on any atom is -0.496 e. The molecular weight excluding hydrogens is 412 g/mol. The predicted molar refractivity (Wildman–Crippen MR) is 122 cm³/mol. The maximum absolute atomic E-state index is 13.1. The minimum atomic E-state index is -3.82. The number of amides is 1. The highest BCUT2D eigenvalue weighted by molar-refractivity contribution is 7.89. The molecule has 3 rings (SSSR count). The van der Waals surface area contributed by atoms with Gasteiger partial charge in [0.2, 0.25) is 10.0 Å². The Kier molecular flexibility index (Phi) is 7.38. The van der Waals surface area contributed by atoms with Crippen molar-refractivity contribution in [1.29, 1.82) is 0 Å². The lowest BCUT2D eigenvalue weighted by atomic mass is 9.98. The number of methoxy groups -OCH3 is 1. The van der Waals surface area contributed by atoms with Crippen LogP contribution in [0, 0.1) is 5.92 Å². The summed E-state index contributed by atoms with van der Waals surface area (Å²) in [4.78, 5) is 14.9. The molecule has 1 amide bonds. The van der Waals surface area contributed by atoms with E-state index in [1.165, 1.54) is 24.8 Å². The molecule has 1 heterocycles. The van der Waals surface area contributed by atoms with Crippen molar-refractivity contribution in [2.24, 2.45) is 5.92 Å². The number of carbonyl (C=O) groups is 1. The van der Waals surface area contributed by atoms with Crippen LogP contribution in [0.5, 0.6) is 5.75 Å². The molecule has 0 unspecified atom stereocenters. The van der Waals surface area contributed by atoms with Gasteiger partial charge in [-0.3, -0.25) is 4.79 Å². The zero-order valence-electron chi connectivity index (χ0n) is 18.7. The Balaban J connectivity index is 1.83. The highest BCUT2D eigenvalue weighted by Gasteiger charge is 2.26. The SMILES string of the molecule is CCc1ccc([C@H](C)NS(=O)(=O)c2ccc(OC)c(C(=O)N3CCC(C)CC3)c2)cc1. The lowest BCUT2D eigenvalue weighted by Gasteiger charge is -2.30. The normalized spacial score (nSPS) is 16.2. The number of carbonyl (C=O) groups excluding carboxylic acids is 1. The van der Waals surface area contributed by atoms with E-state index in [-0.39, 0.29) is 16.4 Å². The van der Waals surface area contributed by atoms with Gasteiger partial charge in [0.15, 0.2) is 0 Å². The van der Waals surface area contributed by atoms with Gasteiger partial charge in [-0.15, -0.1) is 0 Å². The number of hydrogen-bond acceptors (Lipinski definition) is 4. The van der Waals surface area contributed by atoms with Gasteiger partial charge in [0.1, 0.15) is 5.75 Å². The van der Waals surface area contributed by atoms with Gasteiger partial charge in [0, 0.05) is 19.1 Å². The maximum Gasteiger partial charge on any atom is 0.257 e. The second-order valence-corrected chi connectivity index (χ2v) is 9.99. The zero-order chi connectivity index (χ0) is 22.6. The molecule has 1 atom stereocenters. The number of rotatable bonds is 7. The summed E-state index contributed by atoms with van der Waals surface area (Å²) in [5, 5.41) is 0. The van der Waals surface area contributed by atoms with Crippen LogP contribution in [-0.4, -0.2) is 39.4 Å². The van der Waals surface area contributed by atoms with Gasteiger partial charge in [-0.2, -0.15) is 0 Å². The number of ether oxygens (including phenoxy) is 1. The van der Waals surface area contributed by atoms with Crippen LogP contribution in [0.15, 0.2) is 47.4 Å². The fourth-order valence-corrected chi connectivity index (χ4v) is 5.07. The van der Waals surface area contributed by atoms with Gasteiger partial charge >= 0.3 is 0 Å². The molecule has 1 aliphatic rings. The maximum atomic E-state index is 13.1. The topological polar surface area (TPSA) is 75.7 Å². The Bertz CT molecular complexity index is 1010. The first-order chi connectivity index (χ1) is 14.7. The van der Waals surface area contributed by atoms with E-state index >= 15 is 0 Å². The number of sulfonamides is 1. The fraction of sp³-hybridized carbons (Fsp3) is 0.458. The number of likely N-dealkylation sites (tertiary alicyclic amines) is 1. The van der Waals surface area contributed by atoms with E-state index in [0.717, 1.165) is 24.8 Å². The van der Waals surface area contributed by atoms with Crippen LogP contribution < -0.4 is 9.46 Å². The minimum absolute atomic E-state index is 0.0547. The summed E-state index contributed by atoms with van der Waals surface area (Å²) in [6.07, 6.45) is 2.82. The number of nitrogens with zero attached hydrogens (tertiary/aromatic N) is 1. The smallest absolute Gasteiger partial charge is 0.257 e. The Hall–Kier alpha value is -2.38. The summed E-state index contributed by atoms with van der Waals surface area (Å²) in [6, 6.07) is 11.9. The number of aryl methyl sites for hydroxylation is 1. The second kappa shape index (κ2) is 9.83. The van der Waals surface area contributed by atoms with Crippen molar-refractivity contribution in [1.82, 2.24) is 9.62 Å². The highest BCUT2D eigenvalue weighted by atomic mass is 32.2. The van der Waals surface area contributed by atoms with E-state index in [1.807, 2.05) is 31.2 Å². The van der Waals surface area contributed by atoms with Crippen molar-refractivity contribution >= 4 is 15.9 Å². The lowest BCUT2D eigenvalue weighted by Crippen LogP contribution is -2.38. The molecule has 0 aromatic heterocycles. The van der Waals surface area contributed by atoms with Crippen molar-refractivity contribution in [3.63, 3.8) is 0 Å². The summed E-state index contributed by atoms with van der Waals surface area (Å²) in [7, 11) is -2.34. The highest BCUT2D eigenvalue weighted by Crippen LogP contribution is 2.27. The number of piperidine rings is 1. The van der Waals surface area contributed by atoms with E-state index in [9.17, 15) is 13.2 Å². The molecule has 0 bridgehead atoms. The standard InChI is InChI=1S/C24H32N2O4S/c1-5-19-6-8-20(9-7-19)18(3)25-31(28,29)21-10-11-23(30-4)22(16-21)24(27)26-14-12-17(2)13-15-26/h6-11,16-18,25H,5,12-15H2,1-4H3/t18-/m0/s1. The van der Waals surface area contributed by atoms with E-state index in [2.05, 4.69) is 18.6 Å². The molecule has 0 spiro atoms. The van der Waals surface area contributed by atoms with Crippen LogP contribution in [-0.2, 0) is 16.4 Å². The molecule has 2 aromatic carbocycles. The third kappa shape index (κ3) is 5.46. The second-order valence-electron chi connectivity index (χ2n) is 8.27. The molecule has 1 aliphatic heterocycles. The van der Waals surface area contributed by atoms with Gasteiger partial charge in [-0.05, 0) is 61.4 Å². The first kappa shape index (κ1) is 23.3. The van der Waals surface area contributed by atoms with Crippen molar-refractivity contribution < 1.29 is 17.9 Å². The largest absolute Gasteiger partial charge is 0.496 e. The first-order valence-electron chi connectivity index (χ1n) is 10.8. The van der Waals surface area contributed by atoms with Crippen LogP contribution in [0.1, 0.15) is 61.1 Å². The molecule has 168 valence electrons. The van der Waals surface area contributed by atoms with E-state index in [1.54, 1.807) is 11.0 Å². The summed E-state index contributed by atoms with van der Waals surface area (Å²) >= 11 is 0.